The Morgan fingerprint density at radius 1 is 1.23 bits per heavy atom. The lowest BCUT2D eigenvalue weighted by Gasteiger charge is -2.14. The number of pyridine rings is 2. The third-order valence-corrected chi connectivity index (χ3v) is 3.75. The number of aromatic nitrogens is 3. The van der Waals surface area contributed by atoms with E-state index in [1.54, 1.807) is 6.20 Å². The van der Waals surface area contributed by atoms with Crippen molar-refractivity contribution in [2.75, 3.05) is 0 Å². The minimum atomic E-state index is -4.56. The van der Waals surface area contributed by atoms with Crippen molar-refractivity contribution < 1.29 is 23.1 Å². The molecule has 0 bridgehead atoms. The van der Waals surface area contributed by atoms with Crippen LogP contribution in [0.5, 0.6) is 0 Å². The number of rotatable bonds is 4. The van der Waals surface area contributed by atoms with E-state index in [0.717, 1.165) is 6.07 Å². The quantitative estimate of drug-likeness (QED) is 0.719. The van der Waals surface area contributed by atoms with Gasteiger partial charge in [0.1, 0.15) is 11.7 Å². The Hall–Kier alpha value is -2.65. The smallest absolute Gasteiger partial charge is 0.418 e. The summed E-state index contributed by atoms with van der Waals surface area (Å²) in [5, 5.41) is 8.94. The standard InChI is InChI=1S/C16H13F3N4O2.ClH/c17-16(18,19)11-2-1-5-21-13(11)10-4-3-9(8-12(20)15(24)25)23-7-6-22-14(10)23;/h1-7,12H,8,20H2,(H,24,25);1H. The first-order chi connectivity index (χ1) is 11.8. The molecule has 138 valence electrons. The molecule has 0 aliphatic rings. The molecule has 0 amide bonds. The molecule has 0 saturated heterocycles. The molecular formula is C16H14ClF3N4O2. The number of alkyl halides is 3. The van der Waals surface area contributed by atoms with Crippen LogP contribution < -0.4 is 5.73 Å². The van der Waals surface area contributed by atoms with Crippen molar-refractivity contribution in [3.63, 3.8) is 0 Å². The Kier molecular flexibility index (Phi) is 5.53. The molecule has 0 fully saturated rings. The molecule has 3 aromatic rings. The van der Waals surface area contributed by atoms with E-state index in [2.05, 4.69) is 9.97 Å². The van der Waals surface area contributed by atoms with Crippen LogP contribution in [0.4, 0.5) is 13.2 Å². The first kappa shape index (κ1) is 19.7. The zero-order valence-corrected chi connectivity index (χ0v) is 14.0. The molecule has 0 aromatic carbocycles. The fourth-order valence-corrected chi connectivity index (χ4v) is 2.58. The van der Waals surface area contributed by atoms with Crippen molar-refractivity contribution in [2.24, 2.45) is 5.73 Å². The number of nitrogens with zero attached hydrogens (tertiary/aromatic N) is 3. The van der Waals surface area contributed by atoms with Gasteiger partial charge in [-0.2, -0.15) is 13.2 Å². The normalized spacial score (nSPS) is 12.6. The Morgan fingerprint density at radius 3 is 2.62 bits per heavy atom. The summed E-state index contributed by atoms with van der Waals surface area (Å²) in [4.78, 5) is 18.9. The van der Waals surface area contributed by atoms with Crippen molar-refractivity contribution in [3.8, 4) is 11.3 Å². The minimum Gasteiger partial charge on any atom is -0.480 e. The van der Waals surface area contributed by atoms with E-state index in [1.807, 2.05) is 0 Å². The van der Waals surface area contributed by atoms with Gasteiger partial charge in [0.25, 0.3) is 0 Å². The van der Waals surface area contributed by atoms with Crippen molar-refractivity contribution >= 4 is 24.0 Å². The summed E-state index contributed by atoms with van der Waals surface area (Å²) in [5.74, 6) is -1.17. The largest absolute Gasteiger partial charge is 0.480 e. The van der Waals surface area contributed by atoms with Gasteiger partial charge in [-0.3, -0.25) is 9.78 Å². The molecule has 1 atom stereocenters. The van der Waals surface area contributed by atoms with Gasteiger partial charge in [-0.15, -0.1) is 12.4 Å². The maximum absolute atomic E-state index is 13.3. The van der Waals surface area contributed by atoms with Crippen LogP contribution in [0.15, 0.2) is 42.9 Å². The molecule has 10 heteroatoms. The fraction of sp³-hybridized carbons (Fsp3) is 0.188. The molecule has 26 heavy (non-hydrogen) atoms. The summed E-state index contributed by atoms with van der Waals surface area (Å²) < 4.78 is 41.3. The molecular weight excluding hydrogens is 373 g/mol. The summed E-state index contributed by atoms with van der Waals surface area (Å²) in [6.45, 7) is 0. The van der Waals surface area contributed by atoms with Gasteiger partial charge in [-0.1, -0.05) is 0 Å². The van der Waals surface area contributed by atoms with Crippen molar-refractivity contribution in [1.29, 1.82) is 0 Å². The number of aliphatic carboxylic acids is 1. The van der Waals surface area contributed by atoms with Crippen LogP contribution >= 0.6 is 12.4 Å². The van der Waals surface area contributed by atoms with E-state index in [1.165, 1.54) is 35.0 Å². The molecule has 3 heterocycles. The van der Waals surface area contributed by atoms with Crippen LogP contribution in [-0.4, -0.2) is 31.5 Å². The van der Waals surface area contributed by atoms with Crippen LogP contribution in [0.1, 0.15) is 11.3 Å². The second-order valence-corrected chi connectivity index (χ2v) is 5.41. The molecule has 1 unspecified atom stereocenters. The third-order valence-electron chi connectivity index (χ3n) is 3.75. The molecule has 6 nitrogen and oxygen atoms in total. The highest BCUT2D eigenvalue weighted by Crippen LogP contribution is 2.36. The van der Waals surface area contributed by atoms with E-state index in [4.69, 9.17) is 10.8 Å². The first-order valence-electron chi connectivity index (χ1n) is 7.25. The SMILES string of the molecule is Cl.NC(Cc1ccc(-c2ncccc2C(F)(F)F)c2nccn12)C(=O)O. The van der Waals surface area contributed by atoms with Gasteiger partial charge in [0.15, 0.2) is 0 Å². The summed E-state index contributed by atoms with van der Waals surface area (Å²) in [7, 11) is 0. The molecule has 0 aliphatic carbocycles. The predicted octanol–water partition coefficient (Wildman–Crippen LogP) is 2.79. The number of nitrogens with two attached hydrogens (primary N) is 1. The number of carbonyl (C=O) groups is 1. The third kappa shape index (κ3) is 3.63. The number of carboxylic acids is 1. The number of carboxylic acid groups (broad SMARTS) is 1. The molecule has 0 saturated carbocycles. The zero-order chi connectivity index (χ0) is 18.2. The molecule has 3 aromatic heterocycles. The zero-order valence-electron chi connectivity index (χ0n) is 13.1. The van der Waals surface area contributed by atoms with E-state index in [0.29, 0.717) is 5.69 Å². The van der Waals surface area contributed by atoms with E-state index < -0.39 is 23.8 Å². The second-order valence-electron chi connectivity index (χ2n) is 5.41. The summed E-state index contributed by atoms with van der Waals surface area (Å²) in [6.07, 6.45) is -0.309. The van der Waals surface area contributed by atoms with Gasteiger partial charge < -0.3 is 15.2 Å². The highest BCUT2D eigenvalue weighted by Gasteiger charge is 2.35. The number of hydrogen-bond donors (Lipinski definition) is 2. The van der Waals surface area contributed by atoms with Gasteiger partial charge in [0.2, 0.25) is 0 Å². The maximum atomic E-state index is 13.3. The van der Waals surface area contributed by atoms with Gasteiger partial charge in [0.05, 0.1) is 11.3 Å². The van der Waals surface area contributed by atoms with Crippen molar-refractivity contribution in [3.05, 3.63) is 54.1 Å². The minimum absolute atomic E-state index is 0. The lowest BCUT2D eigenvalue weighted by Crippen LogP contribution is -2.32. The maximum Gasteiger partial charge on any atom is 0.418 e. The predicted molar refractivity (Wildman–Crippen MR) is 90.0 cm³/mol. The average Bonchev–Trinajstić information content (AvgIpc) is 3.04. The van der Waals surface area contributed by atoms with Crippen LogP contribution in [0, 0.1) is 0 Å². The lowest BCUT2D eigenvalue weighted by atomic mass is 10.0. The van der Waals surface area contributed by atoms with Crippen LogP contribution in [-0.2, 0) is 17.4 Å². The fourth-order valence-electron chi connectivity index (χ4n) is 2.58. The number of hydrogen-bond acceptors (Lipinski definition) is 4. The Balaban J connectivity index is 0.00000243. The van der Waals surface area contributed by atoms with Gasteiger partial charge >= 0.3 is 12.1 Å². The monoisotopic (exact) mass is 386 g/mol. The van der Waals surface area contributed by atoms with Crippen molar-refractivity contribution in [1.82, 2.24) is 14.4 Å². The molecule has 0 spiro atoms. The van der Waals surface area contributed by atoms with Crippen molar-refractivity contribution in [2.45, 2.75) is 18.6 Å². The molecule has 3 rings (SSSR count). The molecule has 0 aliphatic heterocycles. The molecule has 3 N–H and O–H groups in total. The van der Waals surface area contributed by atoms with E-state index in [-0.39, 0.29) is 35.7 Å². The Labute approximate surface area is 151 Å². The Morgan fingerprint density at radius 2 is 1.96 bits per heavy atom. The van der Waals surface area contributed by atoms with Crippen LogP contribution in [0.25, 0.3) is 16.9 Å². The van der Waals surface area contributed by atoms with Gasteiger partial charge in [-0.25, -0.2) is 4.98 Å². The lowest BCUT2D eigenvalue weighted by molar-refractivity contribution is -0.139. The summed E-state index contributed by atoms with van der Waals surface area (Å²) in [6, 6.07) is 4.02. The highest BCUT2D eigenvalue weighted by atomic mass is 35.5. The van der Waals surface area contributed by atoms with Gasteiger partial charge in [-0.05, 0) is 24.3 Å². The topological polar surface area (TPSA) is 93.5 Å². The average molecular weight is 387 g/mol. The summed E-state index contributed by atoms with van der Waals surface area (Å²) in [5.41, 5.74) is 5.42. The van der Waals surface area contributed by atoms with Gasteiger partial charge in [0, 0.05) is 36.3 Å². The van der Waals surface area contributed by atoms with Crippen LogP contribution in [0.3, 0.4) is 0 Å². The Bertz CT molecular complexity index is 943. The number of fused-ring (bicyclic) bond motifs is 1. The summed E-state index contributed by atoms with van der Waals surface area (Å²) >= 11 is 0. The number of imidazole rings is 1. The number of halogens is 4. The molecule has 0 radical (unpaired) electrons. The second kappa shape index (κ2) is 7.30. The van der Waals surface area contributed by atoms with E-state index >= 15 is 0 Å². The van der Waals surface area contributed by atoms with Crippen LogP contribution in [0.2, 0.25) is 0 Å². The van der Waals surface area contributed by atoms with E-state index in [9.17, 15) is 18.0 Å². The highest BCUT2D eigenvalue weighted by molar-refractivity contribution is 5.85. The first-order valence-corrected chi connectivity index (χ1v) is 7.25.